The second kappa shape index (κ2) is 4.79. The number of ether oxygens (including phenoxy) is 1. The molecule has 4 heteroatoms. The molecular formula is C9H12N2OS. The van der Waals surface area contributed by atoms with E-state index in [4.69, 9.17) is 15.6 Å². The first-order valence-corrected chi connectivity index (χ1v) is 4.68. The fourth-order valence-corrected chi connectivity index (χ4v) is 1.23. The van der Waals surface area contributed by atoms with Crippen LogP contribution in [0.1, 0.15) is 5.56 Å². The Morgan fingerprint density at radius 2 is 2.31 bits per heavy atom. The molecule has 0 aliphatic carbocycles. The van der Waals surface area contributed by atoms with Crippen LogP contribution in [0.15, 0.2) is 29.7 Å². The van der Waals surface area contributed by atoms with E-state index in [2.05, 4.69) is 0 Å². The number of benzene rings is 1. The van der Waals surface area contributed by atoms with Crippen molar-refractivity contribution >= 4 is 17.6 Å². The summed E-state index contributed by atoms with van der Waals surface area (Å²) in [5.74, 6) is 0.788. The average molecular weight is 196 g/mol. The molecule has 0 spiro atoms. The van der Waals surface area contributed by atoms with E-state index in [0.29, 0.717) is 5.70 Å². The molecule has 0 amide bonds. The largest absolute Gasteiger partial charge is 0.497 e. The predicted molar refractivity (Wildman–Crippen MR) is 56.9 cm³/mol. The maximum Gasteiger partial charge on any atom is 0.119 e. The third-order valence-electron chi connectivity index (χ3n) is 1.60. The zero-order valence-electron chi connectivity index (χ0n) is 7.36. The van der Waals surface area contributed by atoms with Crippen LogP contribution in [-0.4, -0.2) is 7.11 Å². The van der Waals surface area contributed by atoms with Gasteiger partial charge in [-0.2, -0.15) is 0 Å². The molecule has 1 aromatic rings. The first-order valence-electron chi connectivity index (χ1n) is 3.73. The summed E-state index contributed by atoms with van der Waals surface area (Å²) in [7, 11) is 1.62. The minimum absolute atomic E-state index is 0.645. The summed E-state index contributed by atoms with van der Waals surface area (Å²) in [5, 5.41) is 6.96. The van der Waals surface area contributed by atoms with Crippen molar-refractivity contribution in [1.29, 1.82) is 0 Å². The normalized spacial score (nSPS) is 11.4. The summed E-state index contributed by atoms with van der Waals surface area (Å²) in [4.78, 5) is 0. The van der Waals surface area contributed by atoms with E-state index in [-0.39, 0.29) is 0 Å². The lowest BCUT2D eigenvalue weighted by Gasteiger charge is -2.03. The molecule has 0 heterocycles. The molecule has 0 aliphatic heterocycles. The SMILES string of the molecule is COc1cccc(/C(N)=C/SN)c1. The van der Waals surface area contributed by atoms with E-state index >= 15 is 0 Å². The molecule has 0 saturated carbocycles. The highest BCUT2D eigenvalue weighted by Crippen LogP contribution is 2.17. The number of methoxy groups -OCH3 is 1. The fourth-order valence-electron chi connectivity index (χ4n) is 0.944. The van der Waals surface area contributed by atoms with Gasteiger partial charge in [-0.05, 0) is 12.1 Å². The first kappa shape index (κ1) is 9.95. The average Bonchev–Trinajstić information content (AvgIpc) is 2.18. The highest BCUT2D eigenvalue weighted by molar-refractivity contribution is 8.00. The van der Waals surface area contributed by atoms with Crippen LogP contribution < -0.4 is 15.6 Å². The zero-order chi connectivity index (χ0) is 9.68. The quantitative estimate of drug-likeness (QED) is 0.720. The van der Waals surface area contributed by atoms with E-state index in [1.807, 2.05) is 24.3 Å². The Morgan fingerprint density at radius 1 is 1.54 bits per heavy atom. The maximum atomic E-state index is 5.73. The lowest BCUT2D eigenvalue weighted by atomic mass is 10.2. The van der Waals surface area contributed by atoms with Gasteiger partial charge in [0.25, 0.3) is 0 Å². The van der Waals surface area contributed by atoms with E-state index in [1.54, 1.807) is 12.5 Å². The summed E-state index contributed by atoms with van der Waals surface area (Å²) in [6, 6.07) is 7.52. The van der Waals surface area contributed by atoms with Gasteiger partial charge in [-0.15, -0.1) is 0 Å². The molecule has 4 N–H and O–H groups in total. The molecule has 1 rings (SSSR count). The Morgan fingerprint density at radius 3 is 2.92 bits per heavy atom. The third-order valence-corrected chi connectivity index (χ3v) is 1.99. The van der Waals surface area contributed by atoms with Gasteiger partial charge in [0.1, 0.15) is 5.75 Å². The van der Waals surface area contributed by atoms with Crippen molar-refractivity contribution in [2.75, 3.05) is 7.11 Å². The minimum Gasteiger partial charge on any atom is -0.497 e. The van der Waals surface area contributed by atoms with Crippen molar-refractivity contribution in [3.05, 3.63) is 35.2 Å². The second-order valence-corrected chi connectivity index (χ2v) is 2.95. The molecule has 0 bridgehead atoms. The Balaban J connectivity index is 2.94. The van der Waals surface area contributed by atoms with Gasteiger partial charge in [0, 0.05) is 16.7 Å². The molecule has 0 aliphatic rings. The summed E-state index contributed by atoms with van der Waals surface area (Å²) < 4.78 is 5.06. The van der Waals surface area contributed by atoms with Crippen LogP contribution in [0, 0.1) is 0 Å². The molecule has 0 atom stereocenters. The van der Waals surface area contributed by atoms with Crippen molar-refractivity contribution in [2.45, 2.75) is 0 Å². The summed E-state index contributed by atoms with van der Waals surface area (Å²) >= 11 is 1.09. The summed E-state index contributed by atoms with van der Waals surface area (Å²) in [6.45, 7) is 0. The van der Waals surface area contributed by atoms with E-state index in [1.165, 1.54) is 0 Å². The standard InChI is InChI=1S/C9H12N2OS/c1-12-8-4-2-3-7(5-8)9(10)6-13-11/h2-6H,10-11H2,1H3/b9-6-. The highest BCUT2D eigenvalue weighted by Gasteiger charge is 1.97. The second-order valence-electron chi connectivity index (χ2n) is 2.44. The van der Waals surface area contributed by atoms with Crippen molar-refractivity contribution in [3.8, 4) is 5.75 Å². The zero-order valence-corrected chi connectivity index (χ0v) is 8.17. The molecular weight excluding hydrogens is 184 g/mol. The molecule has 0 radical (unpaired) electrons. The van der Waals surface area contributed by atoms with Gasteiger partial charge < -0.3 is 10.5 Å². The Hall–Kier alpha value is -1.13. The van der Waals surface area contributed by atoms with E-state index in [0.717, 1.165) is 23.3 Å². The van der Waals surface area contributed by atoms with Crippen LogP contribution in [-0.2, 0) is 0 Å². The highest BCUT2D eigenvalue weighted by atomic mass is 32.2. The van der Waals surface area contributed by atoms with E-state index in [9.17, 15) is 0 Å². The monoisotopic (exact) mass is 196 g/mol. The number of rotatable bonds is 3. The van der Waals surface area contributed by atoms with Gasteiger partial charge in [-0.3, -0.25) is 5.14 Å². The predicted octanol–water partition coefficient (Wildman–Crippen LogP) is 1.56. The van der Waals surface area contributed by atoms with Crippen LogP contribution in [0.3, 0.4) is 0 Å². The van der Waals surface area contributed by atoms with Crippen LogP contribution >= 0.6 is 11.9 Å². The van der Waals surface area contributed by atoms with Crippen molar-refractivity contribution < 1.29 is 4.74 Å². The maximum absolute atomic E-state index is 5.73. The van der Waals surface area contributed by atoms with Gasteiger partial charge in [0.2, 0.25) is 0 Å². The number of hydrogen-bond acceptors (Lipinski definition) is 4. The van der Waals surface area contributed by atoms with Gasteiger partial charge in [0.15, 0.2) is 0 Å². The van der Waals surface area contributed by atoms with Gasteiger partial charge in [-0.1, -0.05) is 24.1 Å². The Labute approximate surface area is 81.9 Å². The molecule has 13 heavy (non-hydrogen) atoms. The molecule has 1 aromatic carbocycles. The number of hydrogen-bond donors (Lipinski definition) is 2. The Kier molecular flexibility index (Phi) is 3.67. The van der Waals surface area contributed by atoms with Gasteiger partial charge >= 0.3 is 0 Å². The minimum atomic E-state index is 0.645. The smallest absolute Gasteiger partial charge is 0.119 e. The molecule has 3 nitrogen and oxygen atoms in total. The molecule has 0 unspecified atom stereocenters. The van der Waals surface area contributed by atoms with E-state index < -0.39 is 0 Å². The molecule has 0 saturated heterocycles. The third kappa shape index (κ3) is 2.68. The van der Waals surface area contributed by atoms with Crippen molar-refractivity contribution in [1.82, 2.24) is 0 Å². The van der Waals surface area contributed by atoms with Gasteiger partial charge in [0.05, 0.1) is 7.11 Å². The molecule has 0 aromatic heterocycles. The fraction of sp³-hybridized carbons (Fsp3) is 0.111. The summed E-state index contributed by atoms with van der Waals surface area (Å²) in [6.07, 6.45) is 0. The van der Waals surface area contributed by atoms with Crippen LogP contribution in [0.2, 0.25) is 0 Å². The Bertz CT molecular complexity index is 312. The lowest BCUT2D eigenvalue weighted by Crippen LogP contribution is -1.96. The molecule has 0 fully saturated rings. The number of nitrogens with two attached hydrogens (primary N) is 2. The molecule has 70 valence electrons. The van der Waals surface area contributed by atoms with Crippen molar-refractivity contribution in [3.63, 3.8) is 0 Å². The van der Waals surface area contributed by atoms with Crippen LogP contribution in [0.4, 0.5) is 0 Å². The van der Waals surface area contributed by atoms with Gasteiger partial charge in [-0.25, -0.2) is 0 Å². The van der Waals surface area contributed by atoms with Crippen LogP contribution in [0.25, 0.3) is 5.70 Å². The van der Waals surface area contributed by atoms with Crippen molar-refractivity contribution in [2.24, 2.45) is 10.9 Å². The lowest BCUT2D eigenvalue weighted by molar-refractivity contribution is 0.414. The topological polar surface area (TPSA) is 61.3 Å². The summed E-state index contributed by atoms with van der Waals surface area (Å²) in [5.41, 5.74) is 7.29. The first-order chi connectivity index (χ1) is 6.27. The van der Waals surface area contributed by atoms with Crippen LogP contribution in [0.5, 0.6) is 5.75 Å².